The Bertz CT molecular complexity index is 1070. The highest BCUT2D eigenvalue weighted by molar-refractivity contribution is 7.12. The summed E-state index contributed by atoms with van der Waals surface area (Å²) in [5.41, 5.74) is -0.400. The zero-order valence-corrected chi connectivity index (χ0v) is 15.2. The van der Waals surface area contributed by atoms with Gasteiger partial charge in [0.15, 0.2) is 0 Å². The molecule has 146 valence electrons. The number of rotatable bonds is 3. The number of amides is 1. The van der Waals surface area contributed by atoms with Gasteiger partial charge in [-0.1, -0.05) is 0 Å². The van der Waals surface area contributed by atoms with Gasteiger partial charge in [-0.05, 0) is 64.5 Å². The van der Waals surface area contributed by atoms with E-state index in [9.17, 15) is 22.8 Å². The fourth-order valence-corrected chi connectivity index (χ4v) is 3.82. The maximum atomic E-state index is 12.9. The second-order valence-electron chi connectivity index (χ2n) is 6.27. The fraction of sp³-hybridized carbons (Fsp3) is 0.294. The summed E-state index contributed by atoms with van der Waals surface area (Å²) < 4.78 is 40.8. The van der Waals surface area contributed by atoms with E-state index in [1.807, 2.05) is 0 Å². The molecule has 0 bridgehead atoms. The molecule has 0 spiro atoms. The lowest BCUT2D eigenvalue weighted by atomic mass is 9.99. The lowest BCUT2D eigenvalue weighted by molar-refractivity contribution is -0.137. The van der Waals surface area contributed by atoms with Crippen LogP contribution in [-0.4, -0.2) is 32.2 Å². The topological polar surface area (TPSA) is 73.0 Å². The summed E-state index contributed by atoms with van der Waals surface area (Å²) in [4.78, 5) is 26.5. The molecule has 1 aliphatic heterocycles. The summed E-state index contributed by atoms with van der Waals surface area (Å²) in [7, 11) is 0. The predicted molar refractivity (Wildman–Crippen MR) is 95.6 cm³/mol. The molecule has 1 amide bonds. The van der Waals surface area contributed by atoms with Crippen molar-refractivity contribution in [3.8, 4) is 5.00 Å². The molecule has 2 aromatic heterocycles. The highest BCUT2D eigenvalue weighted by Crippen LogP contribution is 2.35. The Kier molecular flexibility index (Phi) is 4.53. The Morgan fingerprint density at radius 1 is 1.21 bits per heavy atom. The van der Waals surface area contributed by atoms with E-state index >= 15 is 0 Å². The number of aromatic nitrogens is 4. The van der Waals surface area contributed by atoms with Gasteiger partial charge >= 0.3 is 11.9 Å². The molecule has 0 fully saturated rings. The molecule has 0 saturated heterocycles. The summed E-state index contributed by atoms with van der Waals surface area (Å²) in [5, 5.41) is 9.87. The standard InChI is InChI=1S/C17H14F3N5O2S/c18-17(19,20)12-5-6-13-11(9-12)3-1-7-23(13)14(26)10-24-16(27)25(22-21-24)15-4-2-8-28-15/h2,4-6,8-9H,1,3,7,10H2. The Morgan fingerprint density at radius 2 is 2.04 bits per heavy atom. The fourth-order valence-electron chi connectivity index (χ4n) is 3.15. The number of benzene rings is 1. The number of tetrazole rings is 1. The minimum absolute atomic E-state index is 0.343. The number of carbonyl (C=O) groups excluding carboxylic acids is 1. The molecular weight excluding hydrogens is 395 g/mol. The monoisotopic (exact) mass is 409 g/mol. The van der Waals surface area contributed by atoms with Gasteiger partial charge in [0.05, 0.1) is 5.56 Å². The number of nitrogens with zero attached hydrogens (tertiary/aromatic N) is 5. The highest BCUT2D eigenvalue weighted by atomic mass is 32.1. The van der Waals surface area contributed by atoms with Crippen molar-refractivity contribution in [2.45, 2.75) is 25.6 Å². The summed E-state index contributed by atoms with van der Waals surface area (Å²) in [6.45, 7) is 0.0235. The van der Waals surface area contributed by atoms with Crippen LogP contribution in [0, 0.1) is 0 Å². The van der Waals surface area contributed by atoms with Crippen LogP contribution < -0.4 is 10.6 Å². The van der Waals surface area contributed by atoms with Crippen molar-refractivity contribution >= 4 is 22.9 Å². The molecule has 7 nitrogen and oxygen atoms in total. The predicted octanol–water partition coefficient (Wildman–Crippen LogP) is 2.49. The number of alkyl halides is 3. The third kappa shape index (κ3) is 3.33. The molecule has 28 heavy (non-hydrogen) atoms. The molecule has 0 unspecified atom stereocenters. The van der Waals surface area contributed by atoms with E-state index in [0.29, 0.717) is 35.6 Å². The van der Waals surface area contributed by atoms with Gasteiger partial charge in [0.1, 0.15) is 11.5 Å². The zero-order chi connectivity index (χ0) is 19.9. The summed E-state index contributed by atoms with van der Waals surface area (Å²) in [6.07, 6.45) is -3.44. The lowest BCUT2D eigenvalue weighted by Crippen LogP contribution is -2.40. The third-order valence-corrected chi connectivity index (χ3v) is 5.31. The van der Waals surface area contributed by atoms with Gasteiger partial charge in [0, 0.05) is 12.2 Å². The summed E-state index contributed by atoms with van der Waals surface area (Å²) >= 11 is 1.30. The number of thiophene rings is 1. The van der Waals surface area contributed by atoms with Crippen LogP contribution >= 0.6 is 11.3 Å². The molecule has 1 aromatic carbocycles. The number of hydrogen-bond acceptors (Lipinski definition) is 5. The Hall–Kier alpha value is -2.95. The van der Waals surface area contributed by atoms with Gasteiger partial charge in [-0.2, -0.15) is 22.5 Å². The van der Waals surface area contributed by atoms with Crippen LogP contribution in [0.3, 0.4) is 0 Å². The van der Waals surface area contributed by atoms with Gasteiger partial charge in [-0.25, -0.2) is 4.79 Å². The molecule has 3 aromatic rings. The second-order valence-corrected chi connectivity index (χ2v) is 7.20. The van der Waals surface area contributed by atoms with Crippen LogP contribution in [0.15, 0.2) is 40.5 Å². The molecule has 0 atom stereocenters. The normalized spacial score (nSPS) is 14.2. The number of hydrogen-bond donors (Lipinski definition) is 0. The highest BCUT2D eigenvalue weighted by Gasteiger charge is 2.32. The summed E-state index contributed by atoms with van der Waals surface area (Å²) in [6, 6.07) is 6.81. The Morgan fingerprint density at radius 3 is 2.75 bits per heavy atom. The maximum absolute atomic E-state index is 12.9. The van der Waals surface area contributed by atoms with Gasteiger partial charge < -0.3 is 4.90 Å². The van der Waals surface area contributed by atoms with Crippen LogP contribution in [0.4, 0.5) is 18.9 Å². The average molecular weight is 409 g/mol. The van der Waals surface area contributed by atoms with Crippen molar-refractivity contribution in [2.75, 3.05) is 11.4 Å². The molecular formula is C17H14F3N5O2S. The number of halogens is 3. The third-order valence-electron chi connectivity index (χ3n) is 4.47. The van der Waals surface area contributed by atoms with E-state index in [4.69, 9.17) is 0 Å². The minimum atomic E-state index is -4.44. The number of carbonyl (C=O) groups is 1. The molecule has 0 radical (unpaired) electrons. The minimum Gasteiger partial charge on any atom is -0.311 e. The quantitative estimate of drug-likeness (QED) is 0.666. The first-order valence-electron chi connectivity index (χ1n) is 8.42. The first kappa shape index (κ1) is 18.4. The Balaban J connectivity index is 1.58. The van der Waals surface area contributed by atoms with Crippen molar-refractivity contribution in [3.63, 3.8) is 0 Å². The van der Waals surface area contributed by atoms with Gasteiger partial charge in [-0.3, -0.25) is 4.79 Å². The number of fused-ring (bicyclic) bond motifs is 1. The van der Waals surface area contributed by atoms with Crippen molar-refractivity contribution in [1.82, 2.24) is 19.8 Å². The van der Waals surface area contributed by atoms with Crippen LogP contribution in [0.2, 0.25) is 0 Å². The van der Waals surface area contributed by atoms with E-state index in [1.54, 1.807) is 17.5 Å². The van der Waals surface area contributed by atoms with E-state index in [0.717, 1.165) is 21.5 Å². The SMILES string of the molecule is O=C(Cn1nnn(-c2cccs2)c1=O)N1CCCc2cc(C(F)(F)F)ccc21. The molecule has 3 heterocycles. The van der Waals surface area contributed by atoms with E-state index in [-0.39, 0.29) is 6.54 Å². The smallest absolute Gasteiger partial charge is 0.311 e. The van der Waals surface area contributed by atoms with Gasteiger partial charge in [-0.15, -0.1) is 11.3 Å². The molecule has 0 N–H and O–H groups in total. The largest absolute Gasteiger partial charge is 0.416 e. The number of anilines is 1. The van der Waals surface area contributed by atoms with Crippen molar-refractivity contribution in [1.29, 1.82) is 0 Å². The van der Waals surface area contributed by atoms with E-state index in [1.165, 1.54) is 22.3 Å². The molecule has 4 rings (SSSR count). The summed E-state index contributed by atoms with van der Waals surface area (Å²) in [5.74, 6) is -0.430. The van der Waals surface area contributed by atoms with Crippen molar-refractivity contribution in [3.05, 3.63) is 57.3 Å². The van der Waals surface area contributed by atoms with Crippen molar-refractivity contribution in [2.24, 2.45) is 0 Å². The first-order chi connectivity index (χ1) is 13.3. The van der Waals surface area contributed by atoms with E-state index < -0.39 is 23.3 Å². The molecule has 0 saturated carbocycles. The number of aryl methyl sites for hydroxylation is 1. The average Bonchev–Trinajstić information content (AvgIpc) is 3.30. The maximum Gasteiger partial charge on any atom is 0.416 e. The first-order valence-corrected chi connectivity index (χ1v) is 9.30. The molecule has 0 aliphatic carbocycles. The van der Waals surface area contributed by atoms with Gasteiger partial charge in [0.2, 0.25) is 5.91 Å². The van der Waals surface area contributed by atoms with Crippen molar-refractivity contribution < 1.29 is 18.0 Å². The molecule has 11 heteroatoms. The van der Waals surface area contributed by atoms with Gasteiger partial charge in [0.25, 0.3) is 0 Å². The van der Waals surface area contributed by atoms with Crippen LogP contribution in [-0.2, 0) is 23.9 Å². The second kappa shape index (κ2) is 6.89. The molecule has 1 aliphatic rings. The van der Waals surface area contributed by atoms with Crippen LogP contribution in [0.5, 0.6) is 0 Å². The van der Waals surface area contributed by atoms with Crippen LogP contribution in [0.25, 0.3) is 5.00 Å². The lowest BCUT2D eigenvalue weighted by Gasteiger charge is -2.30. The van der Waals surface area contributed by atoms with Crippen LogP contribution in [0.1, 0.15) is 17.5 Å². The zero-order valence-electron chi connectivity index (χ0n) is 14.4. The van der Waals surface area contributed by atoms with E-state index in [2.05, 4.69) is 10.4 Å². The Labute approximate surface area is 160 Å².